The number of aromatic nitrogens is 2. The van der Waals surface area contributed by atoms with E-state index in [4.69, 9.17) is 4.74 Å². The van der Waals surface area contributed by atoms with Crippen LogP contribution in [0.25, 0.3) is 0 Å². The van der Waals surface area contributed by atoms with Crippen LogP contribution in [0.5, 0.6) is 0 Å². The molecule has 1 aromatic heterocycles. The third kappa shape index (κ3) is 3.90. The van der Waals surface area contributed by atoms with Crippen LogP contribution in [-0.2, 0) is 14.8 Å². The molecule has 0 radical (unpaired) electrons. The summed E-state index contributed by atoms with van der Waals surface area (Å²) in [5.41, 5.74) is 0. The molecule has 0 unspecified atom stereocenters. The van der Waals surface area contributed by atoms with E-state index in [-0.39, 0.29) is 5.75 Å². The lowest BCUT2D eigenvalue weighted by Gasteiger charge is -2.26. The van der Waals surface area contributed by atoms with E-state index in [2.05, 4.69) is 15.3 Å². The van der Waals surface area contributed by atoms with Crippen molar-refractivity contribution in [2.24, 2.45) is 0 Å². The zero-order valence-corrected chi connectivity index (χ0v) is 12.7. The second-order valence-electron chi connectivity index (χ2n) is 5.33. The van der Waals surface area contributed by atoms with Gasteiger partial charge in [0.2, 0.25) is 10.0 Å². The van der Waals surface area contributed by atoms with Gasteiger partial charge in [-0.3, -0.25) is 0 Å². The van der Waals surface area contributed by atoms with Crippen LogP contribution in [0.1, 0.15) is 24.6 Å². The van der Waals surface area contributed by atoms with Crippen molar-refractivity contribution in [1.82, 2.24) is 14.3 Å². The predicted octanol–water partition coefficient (Wildman–Crippen LogP) is 0.428. The van der Waals surface area contributed by atoms with Gasteiger partial charge in [-0.2, -0.15) is 4.31 Å². The minimum absolute atomic E-state index is 0.0652. The Hall–Kier alpha value is -1.25. The van der Waals surface area contributed by atoms with Gasteiger partial charge in [-0.25, -0.2) is 18.4 Å². The molecule has 0 aromatic carbocycles. The molecular formula is C13H20N4O3S. The molecule has 3 rings (SSSR count). The molecule has 1 aromatic rings. The summed E-state index contributed by atoms with van der Waals surface area (Å²) in [5.74, 6) is 2.11. The van der Waals surface area contributed by atoms with Gasteiger partial charge in [-0.15, -0.1) is 0 Å². The first-order valence-electron chi connectivity index (χ1n) is 7.27. The van der Waals surface area contributed by atoms with Crippen molar-refractivity contribution in [3.63, 3.8) is 0 Å². The number of rotatable bonds is 6. The maximum absolute atomic E-state index is 12.2. The summed E-state index contributed by atoms with van der Waals surface area (Å²) in [7, 11) is -3.22. The summed E-state index contributed by atoms with van der Waals surface area (Å²) in [4.78, 5) is 8.66. The second kappa shape index (κ2) is 6.25. The Balaban J connectivity index is 1.51. The van der Waals surface area contributed by atoms with Crippen LogP contribution < -0.4 is 5.32 Å². The molecule has 1 aliphatic heterocycles. The maximum Gasteiger partial charge on any atom is 0.215 e. The second-order valence-corrected chi connectivity index (χ2v) is 7.42. The third-order valence-electron chi connectivity index (χ3n) is 3.65. The van der Waals surface area contributed by atoms with E-state index in [1.54, 1.807) is 12.3 Å². The summed E-state index contributed by atoms with van der Waals surface area (Å²) in [6.07, 6.45) is 4.02. The van der Waals surface area contributed by atoms with E-state index >= 15 is 0 Å². The number of hydrogen-bond acceptors (Lipinski definition) is 6. The number of ether oxygens (including phenoxy) is 1. The average molecular weight is 312 g/mol. The van der Waals surface area contributed by atoms with E-state index in [1.807, 2.05) is 0 Å². The van der Waals surface area contributed by atoms with Crippen LogP contribution in [-0.4, -0.2) is 61.3 Å². The van der Waals surface area contributed by atoms with E-state index in [0.717, 1.165) is 18.7 Å². The lowest BCUT2D eigenvalue weighted by molar-refractivity contribution is 0.0731. The van der Waals surface area contributed by atoms with Crippen LogP contribution in [0.3, 0.4) is 0 Å². The van der Waals surface area contributed by atoms with E-state index in [0.29, 0.717) is 44.6 Å². The first-order chi connectivity index (χ1) is 10.1. The normalized spacial score (nSPS) is 20.4. The molecule has 1 saturated carbocycles. The molecule has 1 aliphatic carbocycles. The van der Waals surface area contributed by atoms with Gasteiger partial charge < -0.3 is 10.1 Å². The molecule has 0 atom stereocenters. The highest BCUT2D eigenvalue weighted by atomic mass is 32.2. The molecule has 116 valence electrons. The Kier molecular flexibility index (Phi) is 4.37. The van der Waals surface area contributed by atoms with Crippen molar-refractivity contribution in [1.29, 1.82) is 0 Å². The molecule has 2 aliphatic rings. The highest BCUT2D eigenvalue weighted by Crippen LogP contribution is 2.37. The molecule has 1 saturated heterocycles. The quantitative estimate of drug-likeness (QED) is 0.820. The zero-order chi connectivity index (χ0) is 14.7. The average Bonchev–Trinajstić information content (AvgIpc) is 3.33. The molecule has 2 fully saturated rings. The van der Waals surface area contributed by atoms with E-state index < -0.39 is 10.0 Å². The Morgan fingerprint density at radius 2 is 2.10 bits per heavy atom. The number of nitrogens with one attached hydrogen (secondary N) is 1. The van der Waals surface area contributed by atoms with Gasteiger partial charge in [0.1, 0.15) is 11.6 Å². The fourth-order valence-electron chi connectivity index (χ4n) is 2.27. The van der Waals surface area contributed by atoms with Crippen LogP contribution in [0.4, 0.5) is 5.82 Å². The minimum Gasteiger partial charge on any atom is -0.379 e. The SMILES string of the molecule is O=S(=O)(CCNc1ccnc(C2CC2)n1)N1CCOCC1. The van der Waals surface area contributed by atoms with Crippen molar-refractivity contribution < 1.29 is 13.2 Å². The Bertz CT molecular complexity index is 583. The standard InChI is InChI=1S/C13H20N4O3S/c18-21(19,17-6-8-20-9-7-17)10-5-14-12-3-4-15-13(16-12)11-1-2-11/h3-4,11H,1-2,5-10H2,(H,14,15,16). The molecule has 8 heteroatoms. The van der Waals surface area contributed by atoms with E-state index in [1.165, 1.54) is 4.31 Å². The van der Waals surface area contributed by atoms with Crippen molar-refractivity contribution >= 4 is 15.8 Å². The number of hydrogen-bond donors (Lipinski definition) is 1. The molecular weight excluding hydrogens is 292 g/mol. The number of nitrogens with zero attached hydrogens (tertiary/aromatic N) is 3. The summed E-state index contributed by atoms with van der Waals surface area (Å²) in [6, 6.07) is 1.77. The fraction of sp³-hybridized carbons (Fsp3) is 0.692. The van der Waals surface area contributed by atoms with Crippen LogP contribution in [0.2, 0.25) is 0 Å². The summed E-state index contributed by atoms with van der Waals surface area (Å²) in [6.45, 7) is 2.19. The highest BCUT2D eigenvalue weighted by Gasteiger charge is 2.27. The van der Waals surface area contributed by atoms with Gasteiger partial charge in [-0.05, 0) is 18.9 Å². The fourth-order valence-corrected chi connectivity index (χ4v) is 3.60. The van der Waals surface area contributed by atoms with Gasteiger partial charge >= 0.3 is 0 Å². The number of morpholine rings is 1. The monoisotopic (exact) mass is 312 g/mol. The van der Waals surface area contributed by atoms with Crippen molar-refractivity contribution in [2.75, 3.05) is 43.9 Å². The lowest BCUT2D eigenvalue weighted by Crippen LogP contribution is -2.42. The largest absolute Gasteiger partial charge is 0.379 e. The summed E-state index contributed by atoms with van der Waals surface area (Å²) >= 11 is 0. The van der Waals surface area contributed by atoms with Gasteiger partial charge in [0.15, 0.2) is 0 Å². The van der Waals surface area contributed by atoms with Crippen molar-refractivity contribution in [3.8, 4) is 0 Å². The predicted molar refractivity (Wildman–Crippen MR) is 78.7 cm³/mol. The Morgan fingerprint density at radius 3 is 2.81 bits per heavy atom. The minimum atomic E-state index is -3.22. The molecule has 0 amide bonds. The first-order valence-corrected chi connectivity index (χ1v) is 8.88. The van der Waals surface area contributed by atoms with E-state index in [9.17, 15) is 8.42 Å². The van der Waals surface area contributed by atoms with Gasteiger partial charge in [-0.1, -0.05) is 0 Å². The Morgan fingerprint density at radius 1 is 1.33 bits per heavy atom. The number of sulfonamides is 1. The maximum atomic E-state index is 12.2. The summed E-state index contributed by atoms with van der Waals surface area (Å²) in [5, 5.41) is 3.07. The molecule has 7 nitrogen and oxygen atoms in total. The molecule has 0 spiro atoms. The van der Waals surface area contributed by atoms with Crippen molar-refractivity contribution in [3.05, 3.63) is 18.1 Å². The Labute approximate surface area is 124 Å². The lowest BCUT2D eigenvalue weighted by atomic mass is 10.4. The highest BCUT2D eigenvalue weighted by molar-refractivity contribution is 7.89. The van der Waals surface area contributed by atoms with Crippen LogP contribution in [0, 0.1) is 0 Å². The van der Waals surface area contributed by atoms with Gasteiger partial charge in [0.25, 0.3) is 0 Å². The molecule has 2 heterocycles. The molecule has 0 bridgehead atoms. The molecule has 21 heavy (non-hydrogen) atoms. The van der Waals surface area contributed by atoms with Crippen LogP contribution >= 0.6 is 0 Å². The third-order valence-corrected chi connectivity index (χ3v) is 5.52. The first kappa shape index (κ1) is 14.7. The summed E-state index contributed by atoms with van der Waals surface area (Å²) < 4.78 is 31.0. The topological polar surface area (TPSA) is 84.4 Å². The van der Waals surface area contributed by atoms with Crippen molar-refractivity contribution in [2.45, 2.75) is 18.8 Å². The van der Waals surface area contributed by atoms with Crippen LogP contribution in [0.15, 0.2) is 12.3 Å². The van der Waals surface area contributed by atoms with Gasteiger partial charge in [0.05, 0.1) is 19.0 Å². The zero-order valence-electron chi connectivity index (χ0n) is 11.9. The number of anilines is 1. The molecule has 1 N–H and O–H groups in total. The van der Waals surface area contributed by atoms with Gasteiger partial charge in [0, 0.05) is 31.7 Å². The smallest absolute Gasteiger partial charge is 0.215 e.